The van der Waals surface area contributed by atoms with E-state index in [1.807, 2.05) is 16.7 Å². The van der Waals surface area contributed by atoms with Crippen molar-refractivity contribution < 1.29 is 14.3 Å². The number of aromatic nitrogens is 3. The Hall–Kier alpha value is -2.58. The number of pyridine rings is 1. The summed E-state index contributed by atoms with van der Waals surface area (Å²) >= 11 is 1.38. The molecule has 0 bridgehead atoms. The summed E-state index contributed by atoms with van der Waals surface area (Å²) in [5, 5.41) is 3.62. The van der Waals surface area contributed by atoms with E-state index in [0.717, 1.165) is 27.8 Å². The number of thioether (sulfide) groups is 1. The summed E-state index contributed by atoms with van der Waals surface area (Å²) in [6.45, 7) is 1.18. The van der Waals surface area contributed by atoms with E-state index in [4.69, 9.17) is 9.47 Å². The van der Waals surface area contributed by atoms with Crippen LogP contribution in [0, 0.1) is 0 Å². The summed E-state index contributed by atoms with van der Waals surface area (Å²) in [6.07, 6.45) is 1.73. The molecule has 1 aromatic carbocycles. The van der Waals surface area contributed by atoms with Crippen LogP contribution in [0.3, 0.4) is 0 Å². The lowest BCUT2D eigenvalue weighted by Gasteiger charge is -2.08. The van der Waals surface area contributed by atoms with Crippen LogP contribution in [0.5, 0.6) is 5.75 Å². The molecule has 3 aromatic rings. The molecule has 0 saturated heterocycles. The number of ether oxygens (including phenoxy) is 2. The molecular formula is C18H20N4O3S. The van der Waals surface area contributed by atoms with Gasteiger partial charge in [0.15, 0.2) is 10.8 Å². The monoisotopic (exact) mass is 372 g/mol. The van der Waals surface area contributed by atoms with Crippen molar-refractivity contribution in [2.45, 2.75) is 11.7 Å². The highest BCUT2D eigenvalue weighted by Gasteiger charge is 2.13. The Labute approximate surface area is 155 Å². The SMILES string of the molecule is COCCn1c(SCC(=O)Nc2ccc(OC)cc2)nc2cccnc21. The molecule has 0 atom stereocenters. The molecule has 0 aliphatic rings. The first-order valence-electron chi connectivity index (χ1n) is 8.08. The van der Waals surface area contributed by atoms with Gasteiger partial charge in [-0.1, -0.05) is 11.8 Å². The molecule has 0 aliphatic heterocycles. The normalized spacial score (nSPS) is 10.8. The minimum Gasteiger partial charge on any atom is -0.497 e. The predicted octanol–water partition coefficient (Wildman–Crippen LogP) is 2.82. The summed E-state index contributed by atoms with van der Waals surface area (Å²) in [4.78, 5) is 21.2. The smallest absolute Gasteiger partial charge is 0.234 e. The average molecular weight is 372 g/mol. The van der Waals surface area contributed by atoms with Gasteiger partial charge in [0.1, 0.15) is 11.3 Å². The van der Waals surface area contributed by atoms with Crippen molar-refractivity contribution in [2.75, 3.05) is 31.9 Å². The Morgan fingerprint density at radius 3 is 2.77 bits per heavy atom. The number of nitrogens with zero attached hydrogens (tertiary/aromatic N) is 3. The second kappa shape index (κ2) is 8.68. The van der Waals surface area contributed by atoms with Crippen LogP contribution in [0.15, 0.2) is 47.8 Å². The van der Waals surface area contributed by atoms with Crippen LogP contribution in [-0.4, -0.2) is 47.0 Å². The van der Waals surface area contributed by atoms with E-state index in [9.17, 15) is 4.79 Å². The molecule has 3 rings (SSSR count). The van der Waals surface area contributed by atoms with Gasteiger partial charge in [-0.05, 0) is 36.4 Å². The fourth-order valence-electron chi connectivity index (χ4n) is 2.43. The molecule has 1 N–H and O–H groups in total. The summed E-state index contributed by atoms with van der Waals surface area (Å²) < 4.78 is 12.3. The van der Waals surface area contributed by atoms with E-state index in [1.165, 1.54) is 11.8 Å². The minimum absolute atomic E-state index is 0.0986. The zero-order valence-corrected chi connectivity index (χ0v) is 15.5. The first-order chi connectivity index (χ1) is 12.7. The van der Waals surface area contributed by atoms with Crippen molar-refractivity contribution in [3.63, 3.8) is 0 Å². The van der Waals surface area contributed by atoms with Gasteiger partial charge >= 0.3 is 0 Å². The van der Waals surface area contributed by atoms with E-state index in [1.54, 1.807) is 44.7 Å². The highest BCUT2D eigenvalue weighted by Crippen LogP contribution is 2.23. The standard InChI is InChI=1S/C18H20N4O3S/c1-24-11-10-22-17-15(4-3-9-19-17)21-18(22)26-12-16(23)20-13-5-7-14(25-2)8-6-13/h3-9H,10-12H2,1-2H3,(H,20,23). The second-order valence-corrected chi connectivity index (χ2v) is 6.39. The lowest BCUT2D eigenvalue weighted by Crippen LogP contribution is -2.15. The molecule has 136 valence electrons. The molecule has 0 saturated carbocycles. The number of imidazole rings is 1. The van der Waals surface area contributed by atoms with Gasteiger partial charge in [0.2, 0.25) is 5.91 Å². The van der Waals surface area contributed by atoms with Crippen molar-refractivity contribution in [1.29, 1.82) is 0 Å². The Bertz CT molecular complexity index is 880. The number of carbonyl (C=O) groups is 1. The molecule has 0 aliphatic carbocycles. The minimum atomic E-state index is -0.0986. The van der Waals surface area contributed by atoms with Gasteiger partial charge in [-0.25, -0.2) is 9.97 Å². The van der Waals surface area contributed by atoms with Crippen LogP contribution in [0.1, 0.15) is 0 Å². The Kier molecular flexibility index (Phi) is 6.08. The third-order valence-corrected chi connectivity index (χ3v) is 4.67. The molecule has 7 nitrogen and oxygen atoms in total. The number of amides is 1. The number of fused-ring (bicyclic) bond motifs is 1. The second-order valence-electron chi connectivity index (χ2n) is 5.45. The van der Waals surface area contributed by atoms with Crippen LogP contribution in [0.4, 0.5) is 5.69 Å². The fourth-order valence-corrected chi connectivity index (χ4v) is 3.26. The summed E-state index contributed by atoms with van der Waals surface area (Å²) in [5.74, 6) is 0.901. The third kappa shape index (κ3) is 4.33. The van der Waals surface area contributed by atoms with E-state index in [0.29, 0.717) is 13.2 Å². The quantitative estimate of drug-likeness (QED) is 0.613. The molecule has 2 heterocycles. The number of anilines is 1. The molecule has 0 radical (unpaired) electrons. The van der Waals surface area contributed by atoms with Gasteiger partial charge in [0, 0.05) is 19.0 Å². The lowest BCUT2D eigenvalue weighted by molar-refractivity contribution is -0.113. The highest BCUT2D eigenvalue weighted by atomic mass is 32.2. The molecule has 26 heavy (non-hydrogen) atoms. The first kappa shape index (κ1) is 18.2. The number of hydrogen-bond donors (Lipinski definition) is 1. The van der Waals surface area contributed by atoms with Gasteiger partial charge in [0.25, 0.3) is 0 Å². The predicted molar refractivity (Wildman–Crippen MR) is 102 cm³/mol. The van der Waals surface area contributed by atoms with Crippen LogP contribution in [0.25, 0.3) is 11.2 Å². The van der Waals surface area contributed by atoms with Crippen LogP contribution in [-0.2, 0) is 16.1 Å². The molecular weight excluding hydrogens is 352 g/mol. The van der Waals surface area contributed by atoms with Crippen molar-refractivity contribution in [3.05, 3.63) is 42.6 Å². The molecule has 0 unspecified atom stereocenters. The van der Waals surface area contributed by atoms with E-state index >= 15 is 0 Å². The molecule has 2 aromatic heterocycles. The van der Waals surface area contributed by atoms with Crippen molar-refractivity contribution in [2.24, 2.45) is 0 Å². The zero-order valence-electron chi connectivity index (χ0n) is 14.6. The number of benzene rings is 1. The molecule has 0 fully saturated rings. The summed E-state index contributed by atoms with van der Waals surface area (Å²) in [5.41, 5.74) is 2.33. The maximum atomic E-state index is 12.2. The summed E-state index contributed by atoms with van der Waals surface area (Å²) in [7, 11) is 3.26. The summed E-state index contributed by atoms with van der Waals surface area (Å²) in [6, 6.07) is 11.0. The maximum Gasteiger partial charge on any atom is 0.234 e. The topological polar surface area (TPSA) is 78.3 Å². The number of nitrogens with one attached hydrogen (secondary N) is 1. The van der Waals surface area contributed by atoms with E-state index < -0.39 is 0 Å². The highest BCUT2D eigenvalue weighted by molar-refractivity contribution is 7.99. The van der Waals surface area contributed by atoms with Gasteiger partial charge in [-0.3, -0.25) is 4.79 Å². The number of carbonyl (C=O) groups excluding carboxylic acids is 1. The zero-order chi connectivity index (χ0) is 18.4. The van der Waals surface area contributed by atoms with Crippen LogP contribution in [0.2, 0.25) is 0 Å². The number of rotatable bonds is 8. The van der Waals surface area contributed by atoms with Crippen LogP contribution < -0.4 is 10.1 Å². The maximum absolute atomic E-state index is 12.2. The first-order valence-corrected chi connectivity index (χ1v) is 9.06. The van der Waals surface area contributed by atoms with Crippen molar-refractivity contribution >= 4 is 34.5 Å². The lowest BCUT2D eigenvalue weighted by atomic mass is 10.3. The third-order valence-electron chi connectivity index (χ3n) is 3.69. The Morgan fingerprint density at radius 1 is 1.23 bits per heavy atom. The van der Waals surface area contributed by atoms with Gasteiger partial charge in [-0.2, -0.15) is 0 Å². The van der Waals surface area contributed by atoms with Gasteiger partial charge < -0.3 is 19.4 Å². The fraction of sp³-hybridized carbons (Fsp3) is 0.278. The molecule has 1 amide bonds. The van der Waals surface area contributed by atoms with Crippen molar-refractivity contribution in [3.8, 4) is 5.75 Å². The molecule has 0 spiro atoms. The van der Waals surface area contributed by atoms with Gasteiger partial charge in [-0.15, -0.1) is 0 Å². The van der Waals surface area contributed by atoms with Gasteiger partial charge in [0.05, 0.1) is 26.0 Å². The number of methoxy groups -OCH3 is 2. The van der Waals surface area contributed by atoms with Crippen LogP contribution >= 0.6 is 11.8 Å². The number of hydrogen-bond acceptors (Lipinski definition) is 6. The Balaban J connectivity index is 1.67. The van der Waals surface area contributed by atoms with E-state index in [-0.39, 0.29) is 11.7 Å². The van der Waals surface area contributed by atoms with Crippen molar-refractivity contribution in [1.82, 2.24) is 14.5 Å². The molecule has 8 heteroatoms. The average Bonchev–Trinajstić information content (AvgIpc) is 3.03. The largest absolute Gasteiger partial charge is 0.497 e. The Morgan fingerprint density at radius 2 is 2.04 bits per heavy atom. The van der Waals surface area contributed by atoms with E-state index in [2.05, 4.69) is 15.3 Å².